The molecule has 1 amide bonds. The van der Waals surface area contributed by atoms with Gasteiger partial charge in [-0.3, -0.25) is 9.69 Å². The quantitative estimate of drug-likeness (QED) is 0.393. The van der Waals surface area contributed by atoms with Crippen LogP contribution in [0.1, 0.15) is 12.5 Å². The average Bonchev–Trinajstić information content (AvgIpc) is 3.33. The van der Waals surface area contributed by atoms with Crippen LogP contribution in [0, 0.1) is 0 Å². The summed E-state index contributed by atoms with van der Waals surface area (Å²) >= 11 is 3.10. The number of para-hydroxylation sites is 1. The number of hydrogen-bond donors (Lipinski definition) is 1. The number of benzene rings is 3. The van der Waals surface area contributed by atoms with Crippen molar-refractivity contribution in [2.45, 2.75) is 18.4 Å². The molecule has 0 radical (unpaired) electrons. The molecule has 160 valence electrons. The number of nitrogens with two attached hydrogens (primary N) is 1. The van der Waals surface area contributed by atoms with Crippen LogP contribution < -0.4 is 10.6 Å². The third-order valence-corrected chi connectivity index (χ3v) is 7.66. The maximum Gasteiger partial charge on any atom is 0.269 e. The van der Waals surface area contributed by atoms with E-state index in [9.17, 15) is 4.79 Å². The van der Waals surface area contributed by atoms with E-state index < -0.39 is 0 Å². The van der Waals surface area contributed by atoms with Gasteiger partial charge in [0.25, 0.3) is 5.91 Å². The minimum atomic E-state index is -0.0122. The van der Waals surface area contributed by atoms with Crippen LogP contribution in [0.2, 0.25) is 0 Å². The van der Waals surface area contributed by atoms with Crippen LogP contribution in [0.3, 0.4) is 0 Å². The molecule has 0 bridgehead atoms. The zero-order valence-electron chi connectivity index (χ0n) is 17.6. The van der Waals surface area contributed by atoms with Gasteiger partial charge in [-0.2, -0.15) is 0 Å². The van der Waals surface area contributed by atoms with E-state index >= 15 is 0 Å². The molecule has 0 atom stereocenters. The molecule has 0 unspecified atom stereocenters. The van der Waals surface area contributed by atoms with Gasteiger partial charge >= 0.3 is 0 Å². The number of carbonyl (C=O) groups is 1. The standard InChI is InChI=1S/C25H22N4OS2/c1-2-28-20-10-6-7-11-21(20)31-24(28)22-23(30)29(16-17-8-4-3-5-9-17)25(32-22)27-19-14-12-18(26)13-15-19/h3-15H,2,16,26H2,1H3/b24-22-,27-25?. The minimum Gasteiger partial charge on any atom is -0.399 e. The lowest BCUT2D eigenvalue weighted by Crippen LogP contribution is -2.29. The number of rotatable bonds is 4. The highest BCUT2D eigenvalue weighted by Crippen LogP contribution is 2.50. The lowest BCUT2D eigenvalue weighted by molar-refractivity contribution is -0.122. The van der Waals surface area contributed by atoms with Crippen LogP contribution >= 0.6 is 23.5 Å². The van der Waals surface area contributed by atoms with Crippen LogP contribution in [0.5, 0.6) is 0 Å². The van der Waals surface area contributed by atoms with Gasteiger partial charge in [0.1, 0.15) is 9.93 Å². The first-order chi connectivity index (χ1) is 15.6. The Morgan fingerprint density at radius 1 is 0.875 bits per heavy atom. The first-order valence-electron chi connectivity index (χ1n) is 10.4. The average molecular weight is 459 g/mol. The topological polar surface area (TPSA) is 61.9 Å². The Morgan fingerprint density at radius 3 is 2.34 bits per heavy atom. The molecule has 1 saturated heterocycles. The number of thioether (sulfide) groups is 2. The monoisotopic (exact) mass is 458 g/mol. The van der Waals surface area contributed by atoms with Crippen molar-refractivity contribution in [2.75, 3.05) is 17.2 Å². The molecule has 2 aliphatic rings. The van der Waals surface area contributed by atoms with E-state index in [0.717, 1.165) is 33.4 Å². The number of hydrogen-bond acceptors (Lipinski definition) is 6. The summed E-state index contributed by atoms with van der Waals surface area (Å²) in [6, 6.07) is 25.7. The van der Waals surface area contributed by atoms with E-state index in [0.29, 0.717) is 17.4 Å². The van der Waals surface area contributed by atoms with Gasteiger partial charge in [0.2, 0.25) is 0 Å². The van der Waals surface area contributed by atoms with Crippen molar-refractivity contribution >= 4 is 51.7 Å². The summed E-state index contributed by atoms with van der Waals surface area (Å²) in [5.74, 6) is -0.0122. The Kier molecular flexibility index (Phi) is 5.68. The number of amides is 1. The Labute approximate surface area is 196 Å². The third kappa shape index (κ3) is 3.89. The molecular weight excluding hydrogens is 436 g/mol. The summed E-state index contributed by atoms with van der Waals surface area (Å²) < 4.78 is 0. The first-order valence-corrected chi connectivity index (χ1v) is 12.0. The van der Waals surface area contributed by atoms with Gasteiger partial charge in [0.15, 0.2) is 5.17 Å². The maximum atomic E-state index is 13.7. The number of nitrogen functional groups attached to an aromatic ring is 1. The fourth-order valence-electron chi connectivity index (χ4n) is 3.70. The molecule has 5 nitrogen and oxygen atoms in total. The normalized spacial score (nSPS) is 19.2. The molecule has 2 N–H and O–H groups in total. The van der Waals surface area contributed by atoms with Crippen LogP contribution in [0.15, 0.2) is 98.7 Å². The zero-order valence-corrected chi connectivity index (χ0v) is 19.2. The van der Waals surface area contributed by atoms with Gasteiger partial charge < -0.3 is 10.6 Å². The number of anilines is 2. The Bertz CT molecular complexity index is 1220. The number of carbonyl (C=O) groups excluding carboxylic acids is 1. The second-order valence-corrected chi connectivity index (χ2v) is 9.42. The van der Waals surface area contributed by atoms with Crippen molar-refractivity contribution in [3.8, 4) is 0 Å². The van der Waals surface area contributed by atoms with Crippen LogP contribution in [-0.2, 0) is 11.3 Å². The lowest BCUT2D eigenvalue weighted by Gasteiger charge is -2.19. The molecule has 3 aromatic carbocycles. The van der Waals surface area contributed by atoms with Gasteiger partial charge in [-0.05, 0) is 60.6 Å². The van der Waals surface area contributed by atoms with Crippen LogP contribution in [0.4, 0.5) is 17.1 Å². The van der Waals surface area contributed by atoms with Crippen molar-refractivity contribution in [2.24, 2.45) is 4.99 Å². The van der Waals surface area contributed by atoms with Gasteiger partial charge in [-0.15, -0.1) is 0 Å². The van der Waals surface area contributed by atoms with Crippen LogP contribution in [0.25, 0.3) is 0 Å². The fourth-order valence-corrected chi connectivity index (χ4v) is 6.09. The molecule has 0 aromatic heterocycles. The first kappa shape index (κ1) is 20.7. The molecule has 3 aromatic rings. The Morgan fingerprint density at radius 2 is 1.59 bits per heavy atom. The molecule has 1 fully saturated rings. The Balaban J connectivity index is 1.56. The third-order valence-electron chi connectivity index (χ3n) is 5.28. The molecule has 0 spiro atoms. The van der Waals surface area contributed by atoms with Gasteiger partial charge in [-0.1, -0.05) is 54.2 Å². The van der Waals surface area contributed by atoms with Crippen LogP contribution in [-0.4, -0.2) is 22.5 Å². The summed E-state index contributed by atoms with van der Waals surface area (Å²) in [4.78, 5) is 24.4. The molecule has 2 heterocycles. The largest absolute Gasteiger partial charge is 0.399 e. The van der Waals surface area contributed by atoms with E-state index in [4.69, 9.17) is 10.7 Å². The van der Waals surface area contributed by atoms with Crippen molar-refractivity contribution in [1.29, 1.82) is 0 Å². The molecule has 32 heavy (non-hydrogen) atoms. The summed E-state index contributed by atoms with van der Waals surface area (Å²) in [5, 5.41) is 1.66. The molecule has 7 heteroatoms. The number of amidine groups is 1. The van der Waals surface area contributed by atoms with E-state index in [1.54, 1.807) is 16.7 Å². The number of nitrogens with zero attached hydrogens (tertiary/aromatic N) is 3. The van der Waals surface area contributed by atoms with Gasteiger partial charge in [0, 0.05) is 17.1 Å². The summed E-state index contributed by atoms with van der Waals surface area (Å²) in [6.45, 7) is 3.37. The van der Waals surface area contributed by atoms with Crippen molar-refractivity contribution < 1.29 is 4.79 Å². The maximum absolute atomic E-state index is 13.7. The number of fused-ring (bicyclic) bond motifs is 1. The van der Waals surface area contributed by atoms with Crippen molar-refractivity contribution in [3.63, 3.8) is 0 Å². The van der Waals surface area contributed by atoms with E-state index in [2.05, 4.69) is 24.0 Å². The van der Waals surface area contributed by atoms with Gasteiger partial charge in [0.05, 0.1) is 17.9 Å². The summed E-state index contributed by atoms with van der Waals surface area (Å²) in [5.41, 5.74) is 9.50. The van der Waals surface area contributed by atoms with Crippen molar-refractivity contribution in [1.82, 2.24) is 4.90 Å². The highest BCUT2D eigenvalue weighted by molar-refractivity contribution is 8.19. The fraction of sp³-hybridized carbons (Fsp3) is 0.120. The summed E-state index contributed by atoms with van der Waals surface area (Å²) in [7, 11) is 0. The zero-order chi connectivity index (χ0) is 22.1. The number of aliphatic imine (C=N–C) groups is 1. The predicted octanol–water partition coefficient (Wildman–Crippen LogP) is 5.83. The minimum absolute atomic E-state index is 0.0122. The molecule has 0 aliphatic carbocycles. The van der Waals surface area contributed by atoms with E-state index in [-0.39, 0.29) is 5.91 Å². The highest BCUT2D eigenvalue weighted by atomic mass is 32.2. The smallest absolute Gasteiger partial charge is 0.269 e. The molecule has 5 rings (SSSR count). The van der Waals surface area contributed by atoms with Gasteiger partial charge in [-0.25, -0.2) is 4.99 Å². The Hall–Kier alpha value is -3.16. The lowest BCUT2D eigenvalue weighted by atomic mass is 10.2. The highest BCUT2D eigenvalue weighted by Gasteiger charge is 2.39. The molecule has 2 aliphatic heterocycles. The molecule has 0 saturated carbocycles. The second kappa shape index (κ2) is 8.76. The van der Waals surface area contributed by atoms with Crippen molar-refractivity contribution in [3.05, 3.63) is 94.4 Å². The predicted molar refractivity (Wildman–Crippen MR) is 135 cm³/mol. The SMILES string of the molecule is CCN1/C(=C2/SC(=Nc3ccc(N)cc3)N(Cc3ccccc3)C2=O)Sc2ccccc21. The van der Waals surface area contributed by atoms with E-state index in [1.807, 2.05) is 66.7 Å². The second-order valence-electron chi connectivity index (χ2n) is 7.41. The molecular formula is C25H22N4OS2. The summed E-state index contributed by atoms with van der Waals surface area (Å²) in [6.07, 6.45) is 0. The van der Waals surface area contributed by atoms with E-state index in [1.165, 1.54) is 16.7 Å².